The second-order valence-electron chi connectivity index (χ2n) is 6.19. The van der Waals surface area contributed by atoms with Gasteiger partial charge in [-0.25, -0.2) is 8.42 Å². The van der Waals surface area contributed by atoms with Gasteiger partial charge >= 0.3 is 0 Å². The van der Waals surface area contributed by atoms with Crippen LogP contribution < -0.4 is 5.32 Å². The minimum Gasteiger partial charge on any atom is -0.354 e. The molecule has 0 saturated carbocycles. The second-order valence-corrected chi connectivity index (χ2v) is 8.23. The van der Waals surface area contributed by atoms with Crippen molar-refractivity contribution in [2.75, 3.05) is 20.1 Å². The van der Waals surface area contributed by atoms with Crippen molar-refractivity contribution in [3.05, 3.63) is 65.7 Å². The zero-order valence-corrected chi connectivity index (χ0v) is 15.6. The molecule has 5 nitrogen and oxygen atoms in total. The van der Waals surface area contributed by atoms with Gasteiger partial charge in [-0.1, -0.05) is 55.0 Å². The number of amides is 1. The van der Waals surface area contributed by atoms with Gasteiger partial charge in [0.05, 0.1) is 11.4 Å². The molecule has 2 aromatic carbocycles. The highest BCUT2D eigenvalue weighted by Gasteiger charge is 2.22. The molecular weight excluding hydrogens is 336 g/mol. The summed E-state index contributed by atoms with van der Waals surface area (Å²) in [6.45, 7) is 4.16. The van der Waals surface area contributed by atoms with E-state index in [1.807, 2.05) is 44.2 Å². The van der Waals surface area contributed by atoms with E-state index in [4.69, 9.17) is 0 Å². The SMILES string of the molecule is Cc1ccc(S(=O)(=O)N(C)CC(=O)NC[C@@H](C)c2ccccc2)cc1. The summed E-state index contributed by atoms with van der Waals surface area (Å²) in [6, 6.07) is 16.4. The van der Waals surface area contributed by atoms with Gasteiger partial charge in [0.15, 0.2) is 0 Å². The smallest absolute Gasteiger partial charge is 0.243 e. The molecule has 1 atom stereocenters. The summed E-state index contributed by atoms with van der Waals surface area (Å²) in [6.07, 6.45) is 0. The van der Waals surface area contributed by atoms with Crippen LogP contribution in [-0.4, -0.2) is 38.8 Å². The molecule has 0 radical (unpaired) electrons. The van der Waals surface area contributed by atoms with E-state index in [2.05, 4.69) is 5.32 Å². The average molecular weight is 360 g/mol. The van der Waals surface area contributed by atoms with Crippen molar-refractivity contribution in [3.63, 3.8) is 0 Å². The van der Waals surface area contributed by atoms with Gasteiger partial charge < -0.3 is 5.32 Å². The molecule has 0 aromatic heterocycles. The molecule has 134 valence electrons. The summed E-state index contributed by atoms with van der Waals surface area (Å²) >= 11 is 0. The zero-order valence-electron chi connectivity index (χ0n) is 14.8. The first-order chi connectivity index (χ1) is 11.8. The summed E-state index contributed by atoms with van der Waals surface area (Å²) < 4.78 is 26.0. The Kier molecular flexibility index (Phi) is 6.33. The lowest BCUT2D eigenvalue weighted by atomic mass is 10.0. The second kappa shape index (κ2) is 8.27. The molecule has 1 amide bonds. The molecule has 0 saturated heterocycles. The number of nitrogens with zero attached hydrogens (tertiary/aromatic N) is 1. The van der Waals surface area contributed by atoms with E-state index < -0.39 is 10.0 Å². The van der Waals surface area contributed by atoms with Crippen molar-refractivity contribution in [1.82, 2.24) is 9.62 Å². The topological polar surface area (TPSA) is 66.5 Å². The van der Waals surface area contributed by atoms with Crippen LogP contribution in [0.15, 0.2) is 59.5 Å². The number of sulfonamides is 1. The molecule has 2 rings (SSSR count). The summed E-state index contributed by atoms with van der Waals surface area (Å²) in [7, 11) is -2.26. The first-order valence-electron chi connectivity index (χ1n) is 8.15. The number of carbonyl (C=O) groups is 1. The van der Waals surface area contributed by atoms with Gasteiger partial charge in [-0.15, -0.1) is 0 Å². The van der Waals surface area contributed by atoms with Crippen LogP contribution in [0.1, 0.15) is 24.0 Å². The van der Waals surface area contributed by atoms with Crippen LogP contribution >= 0.6 is 0 Å². The Morgan fingerprint density at radius 1 is 1.08 bits per heavy atom. The van der Waals surface area contributed by atoms with E-state index in [0.717, 1.165) is 15.4 Å². The number of benzene rings is 2. The van der Waals surface area contributed by atoms with Crippen LogP contribution in [0.5, 0.6) is 0 Å². The molecule has 0 unspecified atom stereocenters. The van der Waals surface area contributed by atoms with E-state index in [9.17, 15) is 13.2 Å². The van der Waals surface area contributed by atoms with Gasteiger partial charge in [-0.05, 0) is 30.5 Å². The van der Waals surface area contributed by atoms with Crippen LogP contribution in [0.4, 0.5) is 0 Å². The van der Waals surface area contributed by atoms with Gasteiger partial charge in [0.25, 0.3) is 0 Å². The third-order valence-electron chi connectivity index (χ3n) is 4.07. The third-order valence-corrected chi connectivity index (χ3v) is 5.89. The van der Waals surface area contributed by atoms with Gasteiger partial charge in [0.1, 0.15) is 0 Å². The maximum atomic E-state index is 12.5. The first kappa shape index (κ1) is 19.1. The Labute approximate surface area is 149 Å². The lowest BCUT2D eigenvalue weighted by Gasteiger charge is -2.18. The molecule has 0 bridgehead atoms. The minimum absolute atomic E-state index is 0.157. The van der Waals surface area contributed by atoms with Crippen LogP contribution in [0.3, 0.4) is 0 Å². The van der Waals surface area contributed by atoms with Gasteiger partial charge in [0, 0.05) is 13.6 Å². The summed E-state index contributed by atoms with van der Waals surface area (Å²) in [4.78, 5) is 12.3. The Morgan fingerprint density at radius 2 is 1.68 bits per heavy atom. The van der Waals surface area contributed by atoms with Crippen LogP contribution in [0.2, 0.25) is 0 Å². The molecule has 1 N–H and O–H groups in total. The van der Waals surface area contributed by atoms with E-state index in [0.29, 0.717) is 6.54 Å². The Bertz CT molecular complexity index is 802. The molecule has 0 heterocycles. The number of likely N-dealkylation sites (N-methyl/N-ethyl adjacent to an activating group) is 1. The number of rotatable bonds is 7. The third kappa shape index (κ3) is 5.14. The fraction of sp³-hybridized carbons (Fsp3) is 0.316. The van der Waals surface area contributed by atoms with Crippen LogP contribution in [-0.2, 0) is 14.8 Å². The average Bonchev–Trinajstić information content (AvgIpc) is 2.60. The molecule has 25 heavy (non-hydrogen) atoms. The normalized spacial score (nSPS) is 12.8. The maximum Gasteiger partial charge on any atom is 0.243 e. The lowest BCUT2D eigenvalue weighted by Crippen LogP contribution is -2.39. The number of hydrogen-bond acceptors (Lipinski definition) is 3. The molecule has 0 spiro atoms. The van der Waals surface area contributed by atoms with Crippen molar-refractivity contribution in [1.29, 1.82) is 0 Å². The highest BCUT2D eigenvalue weighted by Crippen LogP contribution is 2.15. The zero-order chi connectivity index (χ0) is 18.4. The standard InChI is InChI=1S/C19H24N2O3S/c1-15-9-11-18(12-10-15)25(23,24)21(3)14-19(22)20-13-16(2)17-7-5-4-6-8-17/h4-12,16H,13-14H2,1-3H3,(H,20,22)/t16-/m1/s1. The van der Waals surface area contributed by atoms with Gasteiger partial charge in [-0.2, -0.15) is 4.31 Å². The maximum absolute atomic E-state index is 12.5. The van der Waals surface area contributed by atoms with Crippen molar-refractivity contribution >= 4 is 15.9 Å². The molecular formula is C19H24N2O3S. The van der Waals surface area contributed by atoms with Crippen molar-refractivity contribution in [2.45, 2.75) is 24.7 Å². The molecule has 0 aliphatic heterocycles. The van der Waals surface area contributed by atoms with Crippen LogP contribution in [0, 0.1) is 6.92 Å². The molecule has 0 aliphatic rings. The Morgan fingerprint density at radius 3 is 2.28 bits per heavy atom. The number of aryl methyl sites for hydroxylation is 1. The minimum atomic E-state index is -3.67. The largest absolute Gasteiger partial charge is 0.354 e. The van der Waals surface area contributed by atoms with E-state index in [-0.39, 0.29) is 23.3 Å². The number of nitrogens with one attached hydrogen (secondary N) is 1. The summed E-state index contributed by atoms with van der Waals surface area (Å²) in [5.74, 6) is -0.162. The predicted octanol–water partition coefficient (Wildman–Crippen LogP) is 2.54. The van der Waals surface area contributed by atoms with Crippen molar-refractivity contribution in [3.8, 4) is 0 Å². The fourth-order valence-corrected chi connectivity index (χ4v) is 3.53. The number of hydrogen-bond donors (Lipinski definition) is 1. The molecule has 0 aliphatic carbocycles. The molecule has 6 heteroatoms. The predicted molar refractivity (Wildman–Crippen MR) is 98.9 cm³/mol. The summed E-state index contributed by atoms with van der Waals surface area (Å²) in [5, 5.41) is 2.80. The van der Waals surface area contributed by atoms with E-state index in [1.54, 1.807) is 24.3 Å². The Balaban J connectivity index is 1.92. The monoisotopic (exact) mass is 360 g/mol. The van der Waals surface area contributed by atoms with E-state index >= 15 is 0 Å². The number of carbonyl (C=O) groups excluding carboxylic acids is 1. The van der Waals surface area contributed by atoms with Crippen molar-refractivity contribution < 1.29 is 13.2 Å². The lowest BCUT2D eigenvalue weighted by molar-refractivity contribution is -0.121. The quantitative estimate of drug-likeness (QED) is 0.825. The van der Waals surface area contributed by atoms with E-state index in [1.165, 1.54) is 7.05 Å². The van der Waals surface area contributed by atoms with Gasteiger partial charge in [0.2, 0.25) is 15.9 Å². The highest BCUT2D eigenvalue weighted by atomic mass is 32.2. The van der Waals surface area contributed by atoms with Gasteiger partial charge in [-0.3, -0.25) is 4.79 Å². The first-order valence-corrected chi connectivity index (χ1v) is 9.59. The molecule has 2 aromatic rings. The van der Waals surface area contributed by atoms with Crippen molar-refractivity contribution in [2.24, 2.45) is 0 Å². The Hall–Kier alpha value is -2.18. The van der Waals surface area contributed by atoms with Crippen LogP contribution in [0.25, 0.3) is 0 Å². The fourth-order valence-electron chi connectivity index (χ4n) is 2.40. The highest BCUT2D eigenvalue weighted by molar-refractivity contribution is 7.89. The molecule has 0 fully saturated rings. The summed E-state index contributed by atoms with van der Waals surface area (Å²) in [5.41, 5.74) is 2.11.